The van der Waals surface area contributed by atoms with Crippen molar-refractivity contribution in [2.45, 2.75) is 24.3 Å². The number of carboxylic acid groups (broad SMARTS) is 1. The zero-order valence-electron chi connectivity index (χ0n) is 11.0. The first-order chi connectivity index (χ1) is 9.32. The number of hydrogen-bond acceptors (Lipinski definition) is 4. The number of nitrogens with zero attached hydrogens (tertiary/aromatic N) is 3. The first-order valence-corrected chi connectivity index (χ1v) is 8.03. The highest BCUT2D eigenvalue weighted by Gasteiger charge is 2.35. The Labute approximate surface area is 122 Å². The molecule has 0 aliphatic carbocycles. The van der Waals surface area contributed by atoms with E-state index in [1.165, 1.54) is 22.2 Å². The molecule has 1 aromatic heterocycles. The number of carboxylic acids is 1. The van der Waals surface area contributed by atoms with Gasteiger partial charge in [0.15, 0.2) is 5.03 Å². The van der Waals surface area contributed by atoms with Gasteiger partial charge in [-0.1, -0.05) is 11.6 Å². The van der Waals surface area contributed by atoms with Gasteiger partial charge in [0.2, 0.25) is 0 Å². The van der Waals surface area contributed by atoms with E-state index in [0.29, 0.717) is 25.9 Å². The van der Waals surface area contributed by atoms with E-state index in [1.54, 1.807) is 0 Å². The predicted molar refractivity (Wildman–Crippen MR) is 72.0 cm³/mol. The molecule has 0 amide bonds. The van der Waals surface area contributed by atoms with Crippen LogP contribution in [0.2, 0.25) is 5.02 Å². The third-order valence-corrected chi connectivity index (χ3v) is 5.81. The summed E-state index contributed by atoms with van der Waals surface area (Å²) in [7, 11) is -2.15. The lowest BCUT2D eigenvalue weighted by molar-refractivity contribution is -0.137. The summed E-state index contributed by atoms with van der Waals surface area (Å²) in [5.41, 5.74) is 0. The molecule has 0 saturated carbocycles. The molecule has 7 nitrogen and oxygen atoms in total. The number of aromatic nitrogens is 2. The number of aliphatic carboxylic acids is 1. The summed E-state index contributed by atoms with van der Waals surface area (Å²) in [4.78, 5) is 10.5. The first-order valence-electron chi connectivity index (χ1n) is 6.22. The van der Waals surface area contributed by atoms with Crippen molar-refractivity contribution < 1.29 is 18.3 Å². The molecule has 1 fully saturated rings. The van der Waals surface area contributed by atoms with E-state index in [0.717, 1.165) is 0 Å². The maximum Gasteiger partial charge on any atom is 0.303 e. The third kappa shape index (κ3) is 2.97. The molecule has 112 valence electrons. The molecule has 20 heavy (non-hydrogen) atoms. The molecule has 0 spiro atoms. The monoisotopic (exact) mass is 321 g/mol. The number of hydrogen-bond donors (Lipinski definition) is 1. The van der Waals surface area contributed by atoms with Gasteiger partial charge in [0.05, 0.1) is 11.2 Å². The van der Waals surface area contributed by atoms with Gasteiger partial charge >= 0.3 is 5.97 Å². The molecule has 1 saturated heterocycles. The van der Waals surface area contributed by atoms with Crippen molar-refractivity contribution in [1.82, 2.24) is 14.1 Å². The maximum atomic E-state index is 12.5. The normalized spacial score (nSPS) is 20.4. The van der Waals surface area contributed by atoms with Crippen LogP contribution in [0.15, 0.2) is 11.2 Å². The molecule has 1 N–H and O–H groups in total. The SMILES string of the molecule is Cn1ncc(Cl)c1S(=O)(=O)N1CCC(CCC(=O)O)C1. The van der Waals surface area contributed by atoms with Gasteiger partial charge in [-0.3, -0.25) is 9.48 Å². The highest BCUT2D eigenvalue weighted by atomic mass is 35.5. The highest BCUT2D eigenvalue weighted by molar-refractivity contribution is 7.89. The molecule has 1 unspecified atom stereocenters. The summed E-state index contributed by atoms with van der Waals surface area (Å²) < 4.78 is 27.6. The smallest absolute Gasteiger partial charge is 0.303 e. The van der Waals surface area contributed by atoms with Gasteiger partial charge in [-0.15, -0.1) is 0 Å². The number of sulfonamides is 1. The van der Waals surface area contributed by atoms with E-state index in [4.69, 9.17) is 16.7 Å². The zero-order chi connectivity index (χ0) is 14.9. The standard InChI is InChI=1S/C11H16ClN3O4S/c1-14-11(9(12)6-13-14)20(18,19)15-5-4-8(7-15)2-3-10(16)17/h6,8H,2-5,7H2,1H3,(H,16,17). The molecular formula is C11H16ClN3O4S. The van der Waals surface area contributed by atoms with Crippen LogP contribution in [0, 0.1) is 5.92 Å². The van der Waals surface area contributed by atoms with Crippen molar-refractivity contribution in [3.05, 3.63) is 11.2 Å². The lowest BCUT2D eigenvalue weighted by Gasteiger charge is -2.16. The van der Waals surface area contributed by atoms with E-state index in [1.807, 2.05) is 0 Å². The molecule has 0 radical (unpaired) electrons. The summed E-state index contributed by atoms with van der Waals surface area (Å²) in [5, 5.41) is 12.6. The van der Waals surface area contributed by atoms with Gasteiger partial charge < -0.3 is 5.11 Å². The molecule has 0 aromatic carbocycles. The molecule has 9 heteroatoms. The number of carbonyl (C=O) groups is 1. The average molecular weight is 322 g/mol. The fourth-order valence-corrected chi connectivity index (χ4v) is 4.53. The van der Waals surface area contributed by atoms with Crippen molar-refractivity contribution in [1.29, 1.82) is 0 Å². The summed E-state index contributed by atoms with van der Waals surface area (Å²) in [6.07, 6.45) is 2.51. The van der Waals surface area contributed by atoms with Gasteiger partial charge in [0.25, 0.3) is 10.0 Å². The summed E-state index contributed by atoms with van der Waals surface area (Å²) in [5.74, 6) is -0.783. The van der Waals surface area contributed by atoms with E-state index in [-0.39, 0.29) is 22.4 Å². The Kier molecular flexibility index (Phi) is 4.36. The van der Waals surface area contributed by atoms with Crippen molar-refractivity contribution in [2.24, 2.45) is 13.0 Å². The number of aryl methyl sites for hydroxylation is 1. The lowest BCUT2D eigenvalue weighted by Crippen LogP contribution is -2.30. The van der Waals surface area contributed by atoms with E-state index >= 15 is 0 Å². The first kappa shape index (κ1) is 15.3. The summed E-state index contributed by atoms with van der Waals surface area (Å²) in [6.45, 7) is 0.714. The van der Waals surface area contributed by atoms with Crippen molar-refractivity contribution >= 4 is 27.6 Å². The van der Waals surface area contributed by atoms with Crippen LogP contribution in [0.25, 0.3) is 0 Å². The molecule has 1 aliphatic heterocycles. The Hall–Kier alpha value is -1.12. The van der Waals surface area contributed by atoms with Crippen LogP contribution in [-0.2, 0) is 21.9 Å². The third-order valence-electron chi connectivity index (χ3n) is 3.44. The van der Waals surface area contributed by atoms with E-state index in [9.17, 15) is 13.2 Å². The minimum atomic E-state index is -3.67. The van der Waals surface area contributed by atoms with Crippen molar-refractivity contribution in [3.63, 3.8) is 0 Å². The lowest BCUT2D eigenvalue weighted by atomic mass is 10.0. The Morgan fingerprint density at radius 3 is 2.85 bits per heavy atom. The highest BCUT2D eigenvalue weighted by Crippen LogP contribution is 2.29. The second-order valence-corrected chi connectivity index (χ2v) is 7.13. The minimum absolute atomic E-state index is 0.0157. The molecule has 2 rings (SSSR count). The van der Waals surface area contributed by atoms with Gasteiger partial charge in [0, 0.05) is 26.6 Å². The van der Waals surface area contributed by atoms with Gasteiger partial charge in [0.1, 0.15) is 0 Å². The Morgan fingerprint density at radius 1 is 1.60 bits per heavy atom. The average Bonchev–Trinajstić information content (AvgIpc) is 2.94. The van der Waals surface area contributed by atoms with Crippen LogP contribution in [0.4, 0.5) is 0 Å². The molecule has 0 bridgehead atoms. The molecule has 1 aromatic rings. The molecule has 1 atom stereocenters. The maximum absolute atomic E-state index is 12.5. The summed E-state index contributed by atoms with van der Waals surface area (Å²) >= 11 is 5.88. The van der Waals surface area contributed by atoms with Crippen LogP contribution in [0.3, 0.4) is 0 Å². The van der Waals surface area contributed by atoms with E-state index in [2.05, 4.69) is 5.10 Å². The molecule has 1 aliphatic rings. The van der Waals surface area contributed by atoms with Gasteiger partial charge in [-0.05, 0) is 18.8 Å². The largest absolute Gasteiger partial charge is 0.481 e. The topological polar surface area (TPSA) is 92.5 Å². The second-order valence-electron chi connectivity index (χ2n) is 4.87. The number of rotatable bonds is 5. The zero-order valence-corrected chi connectivity index (χ0v) is 12.6. The molecular weight excluding hydrogens is 306 g/mol. The Balaban J connectivity index is 2.11. The van der Waals surface area contributed by atoms with Crippen LogP contribution in [0.1, 0.15) is 19.3 Å². The second kappa shape index (κ2) is 5.71. The number of halogens is 1. The van der Waals surface area contributed by atoms with Gasteiger partial charge in [-0.25, -0.2) is 8.42 Å². The van der Waals surface area contributed by atoms with E-state index < -0.39 is 16.0 Å². The minimum Gasteiger partial charge on any atom is -0.481 e. The quantitative estimate of drug-likeness (QED) is 0.871. The fraction of sp³-hybridized carbons (Fsp3) is 0.636. The van der Waals surface area contributed by atoms with Crippen LogP contribution in [0.5, 0.6) is 0 Å². The summed E-state index contributed by atoms with van der Waals surface area (Å²) in [6, 6.07) is 0. The molecule has 2 heterocycles. The van der Waals surface area contributed by atoms with Crippen LogP contribution >= 0.6 is 11.6 Å². The Bertz CT molecular complexity index is 594. The van der Waals surface area contributed by atoms with Crippen LogP contribution < -0.4 is 0 Å². The predicted octanol–water partition coefficient (Wildman–Crippen LogP) is 0.949. The van der Waals surface area contributed by atoms with Crippen molar-refractivity contribution in [2.75, 3.05) is 13.1 Å². The van der Waals surface area contributed by atoms with Crippen LogP contribution in [-0.4, -0.2) is 46.7 Å². The fourth-order valence-electron chi connectivity index (χ4n) is 2.39. The van der Waals surface area contributed by atoms with Crippen molar-refractivity contribution in [3.8, 4) is 0 Å². The Morgan fingerprint density at radius 2 is 2.30 bits per heavy atom. The van der Waals surface area contributed by atoms with Gasteiger partial charge in [-0.2, -0.15) is 9.40 Å².